The molecule has 0 aliphatic carbocycles. The third kappa shape index (κ3) is 4.56. The van der Waals surface area contributed by atoms with E-state index in [0.29, 0.717) is 30.3 Å². The molecular weight excluding hydrogens is 404 g/mol. The summed E-state index contributed by atoms with van der Waals surface area (Å²) in [4.78, 5) is 39.9. The molecule has 1 saturated heterocycles. The lowest BCUT2D eigenvalue weighted by molar-refractivity contribution is -0.119. The van der Waals surface area contributed by atoms with Crippen LogP contribution < -0.4 is 15.8 Å². The molecule has 0 unspecified atom stereocenters. The summed E-state index contributed by atoms with van der Waals surface area (Å²) in [5.41, 5.74) is 1.80. The van der Waals surface area contributed by atoms with Crippen molar-refractivity contribution in [2.45, 2.75) is 46.2 Å². The minimum absolute atomic E-state index is 0.139. The van der Waals surface area contributed by atoms with Crippen molar-refractivity contribution in [2.24, 2.45) is 5.92 Å². The van der Waals surface area contributed by atoms with E-state index in [0.717, 1.165) is 30.6 Å². The van der Waals surface area contributed by atoms with Gasteiger partial charge < -0.3 is 10.2 Å². The van der Waals surface area contributed by atoms with Crippen LogP contribution in [0.5, 0.6) is 0 Å². The summed E-state index contributed by atoms with van der Waals surface area (Å²) in [5.74, 6) is 0.0242. The zero-order chi connectivity index (χ0) is 22.7. The second-order valence-corrected chi connectivity index (χ2v) is 8.63. The minimum atomic E-state index is -0.335. The van der Waals surface area contributed by atoms with Gasteiger partial charge in [0, 0.05) is 37.1 Å². The molecule has 0 spiro atoms. The number of hydrogen-bond acceptors (Lipinski definition) is 4. The smallest absolute Gasteiger partial charge is 0.274 e. The number of carbonyl (C=O) groups excluding carboxylic acids is 2. The molecule has 0 radical (unpaired) electrons. The van der Waals surface area contributed by atoms with E-state index in [1.54, 1.807) is 24.3 Å². The first-order valence-corrected chi connectivity index (χ1v) is 11.1. The van der Waals surface area contributed by atoms with Crippen molar-refractivity contribution in [1.29, 1.82) is 0 Å². The van der Waals surface area contributed by atoms with E-state index in [1.807, 2.05) is 43.0 Å². The second-order valence-electron chi connectivity index (χ2n) is 8.63. The highest BCUT2D eigenvalue weighted by Crippen LogP contribution is 2.22. The average Bonchev–Trinajstić information content (AvgIpc) is 2.79. The topological polar surface area (TPSA) is 84.3 Å². The largest absolute Gasteiger partial charge is 0.347 e. The molecule has 1 aliphatic heterocycles. The molecule has 0 saturated carbocycles. The number of fused-ring (bicyclic) bond motifs is 1. The number of amides is 2. The number of carbonyl (C=O) groups is 2. The molecule has 4 rings (SSSR count). The molecule has 3 aromatic rings. The van der Waals surface area contributed by atoms with Crippen molar-refractivity contribution < 1.29 is 9.59 Å². The average molecular weight is 433 g/mol. The Kier molecular flexibility index (Phi) is 6.35. The molecule has 0 bridgehead atoms. The Bertz CT molecular complexity index is 1220. The molecule has 7 heteroatoms. The normalized spacial score (nSPS) is 14.2. The first-order valence-electron chi connectivity index (χ1n) is 11.1. The van der Waals surface area contributed by atoms with Gasteiger partial charge in [0.25, 0.3) is 11.5 Å². The van der Waals surface area contributed by atoms with E-state index < -0.39 is 0 Å². The van der Waals surface area contributed by atoms with E-state index in [1.165, 1.54) is 4.68 Å². The van der Waals surface area contributed by atoms with Crippen LogP contribution >= 0.6 is 0 Å². The number of nitrogens with zero attached hydrogens (tertiary/aromatic N) is 3. The second kappa shape index (κ2) is 9.34. The monoisotopic (exact) mass is 432 g/mol. The van der Waals surface area contributed by atoms with Gasteiger partial charge in [0.2, 0.25) is 5.91 Å². The van der Waals surface area contributed by atoms with Crippen molar-refractivity contribution in [3.63, 3.8) is 0 Å². The van der Waals surface area contributed by atoms with Crippen LogP contribution in [0.3, 0.4) is 0 Å². The Morgan fingerprint density at radius 2 is 1.84 bits per heavy atom. The zero-order valence-corrected chi connectivity index (χ0v) is 18.5. The Hall–Kier alpha value is -3.48. The lowest BCUT2D eigenvalue weighted by atomic mass is 10.1. The Morgan fingerprint density at radius 3 is 2.59 bits per heavy atom. The first-order chi connectivity index (χ1) is 15.4. The van der Waals surface area contributed by atoms with Crippen LogP contribution in [0.1, 0.15) is 49.2 Å². The number of nitrogens with one attached hydrogen (secondary N) is 1. The van der Waals surface area contributed by atoms with Gasteiger partial charge in [-0.2, -0.15) is 5.10 Å². The molecular formula is C25H28N4O3. The molecule has 0 atom stereocenters. The van der Waals surface area contributed by atoms with E-state index >= 15 is 0 Å². The Morgan fingerprint density at radius 1 is 1.06 bits per heavy atom. The number of piperidine rings is 1. The predicted molar refractivity (Wildman–Crippen MR) is 125 cm³/mol. The number of rotatable bonds is 6. The van der Waals surface area contributed by atoms with Crippen LogP contribution in [-0.4, -0.2) is 28.1 Å². The van der Waals surface area contributed by atoms with Gasteiger partial charge in [-0.15, -0.1) is 0 Å². The van der Waals surface area contributed by atoms with Crippen LogP contribution in [0.2, 0.25) is 0 Å². The highest BCUT2D eigenvalue weighted by atomic mass is 16.2. The third-order valence-corrected chi connectivity index (χ3v) is 5.62. The number of aromatic nitrogens is 2. The van der Waals surface area contributed by atoms with Gasteiger partial charge in [0.05, 0.1) is 5.39 Å². The van der Waals surface area contributed by atoms with E-state index in [-0.39, 0.29) is 29.0 Å². The summed E-state index contributed by atoms with van der Waals surface area (Å²) in [5, 5.41) is 8.35. The number of anilines is 1. The number of hydrogen-bond donors (Lipinski definition) is 1. The maximum Gasteiger partial charge on any atom is 0.274 e. The van der Waals surface area contributed by atoms with E-state index in [2.05, 4.69) is 10.4 Å². The Balaban J connectivity index is 1.57. The fraction of sp³-hybridized carbons (Fsp3) is 0.360. The standard InChI is InChI=1S/C25H28N4O3/c1-17(2)16-29-25(32)21-11-4-3-10-20(21)23(27-29)24(31)26-15-18-8-7-9-19(14-18)28-13-6-5-12-22(28)30/h3-4,7-11,14,17H,5-6,12-13,15-16H2,1-2H3,(H,26,31). The third-order valence-electron chi connectivity index (χ3n) is 5.62. The fourth-order valence-corrected chi connectivity index (χ4v) is 4.05. The fourth-order valence-electron chi connectivity index (χ4n) is 4.05. The summed E-state index contributed by atoms with van der Waals surface area (Å²) < 4.78 is 1.38. The van der Waals surface area contributed by atoms with Gasteiger partial charge in [0.15, 0.2) is 5.69 Å². The summed E-state index contributed by atoms with van der Waals surface area (Å²) in [6.45, 7) is 5.47. The van der Waals surface area contributed by atoms with Gasteiger partial charge in [-0.25, -0.2) is 4.68 Å². The van der Waals surface area contributed by atoms with Crippen LogP contribution in [0.25, 0.3) is 10.8 Å². The van der Waals surface area contributed by atoms with Gasteiger partial charge in [-0.1, -0.05) is 44.2 Å². The van der Waals surface area contributed by atoms with Crippen molar-refractivity contribution in [2.75, 3.05) is 11.4 Å². The molecule has 2 aromatic carbocycles. The summed E-state index contributed by atoms with van der Waals surface area (Å²) in [6.07, 6.45) is 2.51. The lowest BCUT2D eigenvalue weighted by Crippen LogP contribution is -2.35. The van der Waals surface area contributed by atoms with Crippen molar-refractivity contribution in [3.05, 3.63) is 70.1 Å². The summed E-state index contributed by atoms with van der Waals surface area (Å²) in [7, 11) is 0. The highest BCUT2D eigenvalue weighted by molar-refractivity contribution is 6.04. The van der Waals surface area contributed by atoms with Crippen LogP contribution in [0.4, 0.5) is 5.69 Å². The van der Waals surface area contributed by atoms with Gasteiger partial charge >= 0.3 is 0 Å². The van der Waals surface area contributed by atoms with Crippen LogP contribution in [0.15, 0.2) is 53.3 Å². The highest BCUT2D eigenvalue weighted by Gasteiger charge is 2.20. The molecule has 2 amide bonds. The van der Waals surface area contributed by atoms with Crippen molar-refractivity contribution in [1.82, 2.24) is 15.1 Å². The molecule has 2 heterocycles. The van der Waals surface area contributed by atoms with E-state index in [9.17, 15) is 14.4 Å². The molecule has 32 heavy (non-hydrogen) atoms. The maximum absolute atomic E-state index is 13.1. The molecule has 1 fully saturated rings. The minimum Gasteiger partial charge on any atom is -0.347 e. The van der Waals surface area contributed by atoms with Gasteiger partial charge in [-0.05, 0) is 42.5 Å². The van der Waals surface area contributed by atoms with E-state index in [4.69, 9.17) is 0 Å². The number of benzene rings is 2. The molecule has 7 nitrogen and oxygen atoms in total. The summed E-state index contributed by atoms with van der Waals surface area (Å²) in [6, 6.07) is 14.7. The molecule has 166 valence electrons. The molecule has 1 N–H and O–H groups in total. The van der Waals surface area contributed by atoms with Crippen LogP contribution in [-0.2, 0) is 17.9 Å². The predicted octanol–water partition coefficient (Wildman–Crippen LogP) is 3.50. The lowest BCUT2D eigenvalue weighted by Gasteiger charge is -2.27. The van der Waals surface area contributed by atoms with Gasteiger partial charge in [-0.3, -0.25) is 14.4 Å². The molecule has 1 aliphatic rings. The zero-order valence-electron chi connectivity index (χ0n) is 18.5. The van der Waals surface area contributed by atoms with Gasteiger partial charge in [0.1, 0.15) is 0 Å². The first kappa shape index (κ1) is 21.7. The van der Waals surface area contributed by atoms with Crippen LogP contribution in [0, 0.1) is 5.92 Å². The SMILES string of the molecule is CC(C)Cn1nc(C(=O)NCc2cccc(N3CCCCC3=O)c2)c2ccccc2c1=O. The maximum atomic E-state index is 13.1. The Labute approximate surface area is 187 Å². The van der Waals surface area contributed by atoms with Crippen molar-refractivity contribution >= 4 is 28.3 Å². The molecule has 1 aromatic heterocycles. The summed E-state index contributed by atoms with van der Waals surface area (Å²) >= 11 is 0. The quantitative estimate of drug-likeness (QED) is 0.646. The van der Waals surface area contributed by atoms with Crippen molar-refractivity contribution in [3.8, 4) is 0 Å².